The molecular weight excluding hydrogens is 719 g/mol. The van der Waals surface area contributed by atoms with Crippen LogP contribution in [0.2, 0.25) is 0 Å². The molecule has 0 rings (SSSR count). The summed E-state index contributed by atoms with van der Waals surface area (Å²) in [6, 6.07) is -0.724. The Morgan fingerprint density at radius 2 is 1.00 bits per heavy atom. The zero-order valence-corrected chi connectivity index (χ0v) is 37.6. The summed E-state index contributed by atoms with van der Waals surface area (Å²) in [5.74, 6) is -0.583. The highest BCUT2D eigenvalue weighted by Crippen LogP contribution is 2.17. The molecule has 0 aromatic heterocycles. The van der Waals surface area contributed by atoms with Crippen LogP contribution in [0.1, 0.15) is 207 Å². The van der Waals surface area contributed by atoms with Crippen LogP contribution in [0.25, 0.3) is 0 Å². The SMILES string of the molecule is CC/C=C/C=C/C=C\C=C/C=C/CCCC(=O)OC(CCCCCCC/C=C\C/C=C\CCCCC)CC(=O)NC(CO)C(O)CCCCCCCCCCCCC. The lowest BCUT2D eigenvalue weighted by Crippen LogP contribution is -2.46. The Kier molecular flexibility index (Phi) is 42.8. The number of nitrogens with one attached hydrogen (secondary N) is 1. The molecule has 3 atom stereocenters. The highest BCUT2D eigenvalue weighted by Gasteiger charge is 2.24. The zero-order valence-electron chi connectivity index (χ0n) is 37.6. The van der Waals surface area contributed by atoms with E-state index in [-0.39, 0.29) is 24.9 Å². The van der Waals surface area contributed by atoms with Crippen LogP contribution in [0.3, 0.4) is 0 Å². The summed E-state index contributed by atoms with van der Waals surface area (Å²) in [5, 5.41) is 23.7. The Labute approximate surface area is 357 Å². The Balaban J connectivity index is 4.76. The molecule has 0 aliphatic carbocycles. The minimum absolute atomic E-state index is 0.0353. The molecule has 0 aliphatic heterocycles. The van der Waals surface area contributed by atoms with Crippen LogP contribution >= 0.6 is 0 Å². The molecule has 332 valence electrons. The third kappa shape index (κ3) is 39.8. The van der Waals surface area contributed by atoms with Gasteiger partial charge in [-0.3, -0.25) is 9.59 Å². The molecule has 3 N–H and O–H groups in total. The fourth-order valence-electron chi connectivity index (χ4n) is 6.72. The maximum absolute atomic E-state index is 13.2. The van der Waals surface area contributed by atoms with Crippen molar-refractivity contribution in [2.24, 2.45) is 0 Å². The molecule has 3 unspecified atom stereocenters. The first-order chi connectivity index (χ1) is 28.5. The molecule has 6 nitrogen and oxygen atoms in total. The van der Waals surface area contributed by atoms with Crippen molar-refractivity contribution in [1.82, 2.24) is 5.32 Å². The molecule has 1 amide bonds. The van der Waals surface area contributed by atoms with Gasteiger partial charge in [-0.15, -0.1) is 0 Å². The van der Waals surface area contributed by atoms with Crippen molar-refractivity contribution in [1.29, 1.82) is 0 Å². The van der Waals surface area contributed by atoms with Gasteiger partial charge in [-0.05, 0) is 70.6 Å². The molecule has 0 aliphatic rings. The highest BCUT2D eigenvalue weighted by atomic mass is 16.5. The molecular formula is C52H89NO5. The van der Waals surface area contributed by atoms with Crippen molar-refractivity contribution in [2.75, 3.05) is 6.61 Å². The number of amides is 1. The number of hydrogen-bond acceptors (Lipinski definition) is 5. The predicted octanol–water partition coefficient (Wildman–Crippen LogP) is 14.0. The van der Waals surface area contributed by atoms with Crippen LogP contribution in [-0.4, -0.2) is 46.9 Å². The number of unbranched alkanes of at least 4 members (excludes halogenated alkanes) is 19. The summed E-state index contributed by atoms with van der Waals surface area (Å²) >= 11 is 0. The van der Waals surface area contributed by atoms with Gasteiger partial charge in [0.2, 0.25) is 5.91 Å². The molecule has 0 spiro atoms. The zero-order chi connectivity index (χ0) is 42.4. The summed E-state index contributed by atoms with van der Waals surface area (Å²) in [4.78, 5) is 26.0. The Bertz CT molecular complexity index is 1130. The number of ether oxygens (including phenoxy) is 1. The summed E-state index contributed by atoms with van der Waals surface area (Å²) < 4.78 is 5.87. The molecule has 0 bridgehead atoms. The van der Waals surface area contributed by atoms with Crippen LogP contribution in [0.15, 0.2) is 85.1 Å². The predicted molar refractivity (Wildman–Crippen MR) is 250 cm³/mol. The number of hydrogen-bond donors (Lipinski definition) is 3. The van der Waals surface area contributed by atoms with E-state index in [4.69, 9.17) is 4.74 Å². The monoisotopic (exact) mass is 808 g/mol. The lowest BCUT2D eigenvalue weighted by atomic mass is 10.0. The van der Waals surface area contributed by atoms with Gasteiger partial charge in [0.15, 0.2) is 0 Å². The second-order valence-electron chi connectivity index (χ2n) is 15.9. The van der Waals surface area contributed by atoms with Crippen LogP contribution < -0.4 is 5.32 Å². The first kappa shape index (κ1) is 55.0. The maximum atomic E-state index is 13.2. The van der Waals surface area contributed by atoms with Gasteiger partial charge in [-0.25, -0.2) is 0 Å². The van der Waals surface area contributed by atoms with E-state index in [9.17, 15) is 19.8 Å². The van der Waals surface area contributed by atoms with Crippen LogP contribution in [0, 0.1) is 0 Å². The van der Waals surface area contributed by atoms with Crippen LogP contribution in [-0.2, 0) is 14.3 Å². The van der Waals surface area contributed by atoms with Crippen molar-refractivity contribution in [3.8, 4) is 0 Å². The average molecular weight is 808 g/mol. The average Bonchev–Trinajstić information content (AvgIpc) is 3.22. The number of esters is 1. The van der Waals surface area contributed by atoms with Gasteiger partial charge in [0.05, 0.1) is 25.2 Å². The second-order valence-corrected chi connectivity index (χ2v) is 15.9. The van der Waals surface area contributed by atoms with E-state index in [2.05, 4.69) is 56.5 Å². The van der Waals surface area contributed by atoms with Crippen molar-refractivity contribution in [3.05, 3.63) is 85.1 Å². The summed E-state index contributed by atoms with van der Waals surface area (Å²) in [6.45, 7) is 6.27. The number of rotatable bonds is 41. The van der Waals surface area contributed by atoms with Gasteiger partial charge < -0.3 is 20.3 Å². The van der Waals surface area contributed by atoms with E-state index in [1.54, 1.807) is 0 Å². The third-order valence-electron chi connectivity index (χ3n) is 10.3. The smallest absolute Gasteiger partial charge is 0.306 e. The second kappa shape index (κ2) is 45.1. The summed E-state index contributed by atoms with van der Waals surface area (Å²) in [5.41, 5.74) is 0. The van der Waals surface area contributed by atoms with Gasteiger partial charge in [0.25, 0.3) is 0 Å². The molecule has 0 aromatic carbocycles. The standard InChI is InChI=1S/C52H89NO5/c1-4-7-10-13-16-19-22-24-25-27-29-31-34-37-40-43-48(58-52(57)45-42-39-36-33-30-26-23-20-17-14-11-8-5-2)46-51(56)53-49(47-54)50(55)44-41-38-35-32-28-21-18-15-12-9-6-3/h8,11,14,16-17,19-20,23-26,30,33,36,48-50,54-55H,4-7,9-10,12-13,15,18,21-22,27-29,31-32,34-35,37-47H2,1-3H3,(H,53,56)/b11-8+,17-14+,19-16-,23-20-,25-24-,30-26-,36-33+. The van der Waals surface area contributed by atoms with Crippen LogP contribution in [0.4, 0.5) is 0 Å². The van der Waals surface area contributed by atoms with E-state index in [1.165, 1.54) is 77.0 Å². The lowest BCUT2D eigenvalue weighted by Gasteiger charge is -2.24. The quantitative estimate of drug-likeness (QED) is 0.0247. The number of carbonyl (C=O) groups excluding carboxylic acids is 2. The van der Waals surface area contributed by atoms with Gasteiger partial charge in [-0.2, -0.15) is 0 Å². The first-order valence-electron chi connectivity index (χ1n) is 23.9. The normalized spacial score (nSPS) is 14.1. The number of aliphatic hydroxyl groups excluding tert-OH is 2. The van der Waals surface area contributed by atoms with Crippen molar-refractivity contribution in [3.63, 3.8) is 0 Å². The minimum Gasteiger partial charge on any atom is -0.462 e. The fraction of sp³-hybridized carbons (Fsp3) is 0.692. The molecule has 0 saturated carbocycles. The number of allylic oxidation sites excluding steroid dienone is 14. The van der Waals surface area contributed by atoms with E-state index in [0.717, 1.165) is 77.0 Å². The highest BCUT2D eigenvalue weighted by molar-refractivity contribution is 5.77. The molecule has 0 heterocycles. The molecule has 58 heavy (non-hydrogen) atoms. The van der Waals surface area contributed by atoms with E-state index in [1.807, 2.05) is 54.7 Å². The van der Waals surface area contributed by atoms with Gasteiger partial charge in [0, 0.05) is 6.42 Å². The van der Waals surface area contributed by atoms with E-state index in [0.29, 0.717) is 25.7 Å². The van der Waals surface area contributed by atoms with Gasteiger partial charge in [-0.1, -0.05) is 209 Å². The van der Waals surface area contributed by atoms with Gasteiger partial charge in [0.1, 0.15) is 6.10 Å². The number of carbonyl (C=O) groups is 2. The fourth-order valence-corrected chi connectivity index (χ4v) is 6.72. The maximum Gasteiger partial charge on any atom is 0.306 e. The molecule has 0 fully saturated rings. The Hall–Kier alpha value is -2.96. The summed E-state index contributed by atoms with van der Waals surface area (Å²) in [6.07, 6.45) is 57.8. The Morgan fingerprint density at radius 3 is 1.57 bits per heavy atom. The molecule has 6 heteroatoms. The topological polar surface area (TPSA) is 95.9 Å². The van der Waals surface area contributed by atoms with Crippen LogP contribution in [0.5, 0.6) is 0 Å². The van der Waals surface area contributed by atoms with Crippen molar-refractivity contribution < 1.29 is 24.5 Å². The Morgan fingerprint density at radius 1 is 0.534 bits per heavy atom. The molecule has 0 saturated heterocycles. The minimum atomic E-state index is -0.806. The first-order valence-corrected chi connectivity index (χ1v) is 23.9. The van der Waals surface area contributed by atoms with E-state index < -0.39 is 18.2 Å². The number of aliphatic hydroxyl groups is 2. The van der Waals surface area contributed by atoms with E-state index >= 15 is 0 Å². The third-order valence-corrected chi connectivity index (χ3v) is 10.3. The summed E-state index contributed by atoms with van der Waals surface area (Å²) in [7, 11) is 0. The van der Waals surface area contributed by atoms with Crippen molar-refractivity contribution >= 4 is 11.9 Å². The largest absolute Gasteiger partial charge is 0.462 e. The molecule has 0 radical (unpaired) electrons. The molecule has 0 aromatic rings. The van der Waals surface area contributed by atoms with Gasteiger partial charge >= 0.3 is 5.97 Å². The lowest BCUT2D eigenvalue weighted by molar-refractivity contribution is -0.151. The van der Waals surface area contributed by atoms with Crippen molar-refractivity contribution in [2.45, 2.75) is 225 Å².